The van der Waals surface area contributed by atoms with Crippen LogP contribution in [-0.4, -0.2) is 6.18 Å². The van der Waals surface area contributed by atoms with Crippen molar-refractivity contribution in [3.8, 4) is 0 Å². The van der Waals surface area contributed by atoms with E-state index in [0.29, 0.717) is 18.4 Å². The van der Waals surface area contributed by atoms with Gasteiger partial charge in [0.2, 0.25) is 0 Å². The number of rotatable bonds is 2. The minimum Gasteiger partial charge on any atom is -0.166 e. The van der Waals surface area contributed by atoms with Gasteiger partial charge in [0.1, 0.15) is 0 Å². The van der Waals surface area contributed by atoms with Crippen LogP contribution in [0, 0.1) is 0 Å². The third kappa shape index (κ3) is 2.47. The molecule has 0 bridgehead atoms. The van der Waals surface area contributed by atoms with Crippen LogP contribution in [-0.2, 0) is 0 Å². The molecule has 0 aromatic heterocycles. The maximum absolute atomic E-state index is 12.4. The molecule has 0 N–H and O–H groups in total. The predicted molar refractivity (Wildman–Crippen MR) is 46.3 cm³/mol. The van der Waals surface area contributed by atoms with E-state index in [0.717, 1.165) is 0 Å². The van der Waals surface area contributed by atoms with Crippen molar-refractivity contribution >= 4 is 0 Å². The first kappa shape index (κ1) is 10.1. The van der Waals surface area contributed by atoms with Gasteiger partial charge in [-0.2, -0.15) is 13.2 Å². The molecule has 0 aromatic rings. The zero-order chi connectivity index (χ0) is 9.90. The SMILES string of the molecule is C=CCC1=C(C(F)(F)F)CCC=C1. The molecule has 0 saturated heterocycles. The molecule has 0 aromatic carbocycles. The lowest BCUT2D eigenvalue weighted by molar-refractivity contribution is -0.0948. The third-order valence-electron chi connectivity index (χ3n) is 1.97. The third-order valence-corrected chi connectivity index (χ3v) is 1.97. The normalized spacial score (nSPS) is 17.8. The second-order valence-corrected chi connectivity index (χ2v) is 2.94. The first-order valence-corrected chi connectivity index (χ1v) is 4.12. The predicted octanol–water partition coefficient (Wildman–Crippen LogP) is 3.77. The Morgan fingerprint density at radius 2 is 2.15 bits per heavy atom. The van der Waals surface area contributed by atoms with Gasteiger partial charge < -0.3 is 0 Å². The monoisotopic (exact) mass is 188 g/mol. The Labute approximate surface area is 75.4 Å². The lowest BCUT2D eigenvalue weighted by Crippen LogP contribution is -2.15. The first-order valence-electron chi connectivity index (χ1n) is 4.12. The topological polar surface area (TPSA) is 0 Å². The highest BCUT2D eigenvalue weighted by molar-refractivity contribution is 5.33. The zero-order valence-electron chi connectivity index (χ0n) is 7.19. The van der Waals surface area contributed by atoms with E-state index in [4.69, 9.17) is 0 Å². The fourth-order valence-electron chi connectivity index (χ4n) is 1.38. The van der Waals surface area contributed by atoms with Gasteiger partial charge in [-0.3, -0.25) is 0 Å². The number of hydrogen-bond donors (Lipinski definition) is 0. The van der Waals surface area contributed by atoms with Crippen molar-refractivity contribution in [1.82, 2.24) is 0 Å². The van der Waals surface area contributed by atoms with Gasteiger partial charge in [-0.15, -0.1) is 6.58 Å². The van der Waals surface area contributed by atoms with E-state index in [-0.39, 0.29) is 6.42 Å². The van der Waals surface area contributed by atoms with Crippen LogP contribution >= 0.6 is 0 Å². The summed E-state index contributed by atoms with van der Waals surface area (Å²) in [6.07, 6.45) is 1.52. The average Bonchev–Trinajstić information content (AvgIpc) is 2.04. The summed E-state index contributed by atoms with van der Waals surface area (Å²) in [5, 5.41) is 0. The molecular weight excluding hydrogens is 177 g/mol. The van der Waals surface area contributed by atoms with Crippen LogP contribution in [0.5, 0.6) is 0 Å². The van der Waals surface area contributed by atoms with Crippen LogP contribution < -0.4 is 0 Å². The molecule has 0 heterocycles. The van der Waals surface area contributed by atoms with Crippen LogP contribution in [0.15, 0.2) is 36.0 Å². The van der Waals surface area contributed by atoms with Crippen molar-refractivity contribution in [2.24, 2.45) is 0 Å². The van der Waals surface area contributed by atoms with E-state index in [1.165, 1.54) is 6.08 Å². The van der Waals surface area contributed by atoms with E-state index in [1.807, 2.05) is 0 Å². The summed E-state index contributed by atoms with van der Waals surface area (Å²) in [7, 11) is 0. The molecule has 0 amide bonds. The Kier molecular flexibility index (Phi) is 2.96. The molecule has 0 saturated carbocycles. The maximum atomic E-state index is 12.4. The number of halogens is 3. The summed E-state index contributed by atoms with van der Waals surface area (Å²) < 4.78 is 37.2. The van der Waals surface area contributed by atoms with Crippen molar-refractivity contribution in [2.45, 2.75) is 25.4 Å². The molecular formula is C10H11F3. The highest BCUT2D eigenvalue weighted by atomic mass is 19.4. The van der Waals surface area contributed by atoms with E-state index in [9.17, 15) is 13.2 Å². The van der Waals surface area contributed by atoms with Crippen LogP contribution in [0.1, 0.15) is 19.3 Å². The molecule has 0 nitrogen and oxygen atoms in total. The highest BCUT2D eigenvalue weighted by Crippen LogP contribution is 2.35. The molecule has 1 aliphatic carbocycles. The summed E-state index contributed by atoms with van der Waals surface area (Å²) in [6, 6.07) is 0. The summed E-state index contributed by atoms with van der Waals surface area (Å²) >= 11 is 0. The molecule has 0 atom stereocenters. The van der Waals surface area contributed by atoms with Gasteiger partial charge in [-0.25, -0.2) is 0 Å². The standard InChI is InChI=1S/C10H11F3/c1-2-5-8-6-3-4-7-9(8)10(11,12)13/h2-3,6H,1,4-5,7H2. The molecule has 0 radical (unpaired) electrons. The van der Waals surface area contributed by atoms with Crippen LogP contribution in [0.3, 0.4) is 0 Å². The smallest absolute Gasteiger partial charge is 0.166 e. The zero-order valence-corrected chi connectivity index (χ0v) is 7.19. The molecule has 0 fully saturated rings. The van der Waals surface area contributed by atoms with E-state index in [1.54, 1.807) is 12.2 Å². The minimum atomic E-state index is -4.18. The molecule has 72 valence electrons. The Morgan fingerprint density at radius 1 is 1.46 bits per heavy atom. The maximum Gasteiger partial charge on any atom is 0.412 e. The fraction of sp³-hybridized carbons (Fsp3) is 0.400. The Hall–Kier alpha value is -0.990. The molecule has 13 heavy (non-hydrogen) atoms. The van der Waals surface area contributed by atoms with E-state index in [2.05, 4.69) is 6.58 Å². The van der Waals surface area contributed by atoms with E-state index < -0.39 is 11.7 Å². The molecule has 3 heteroatoms. The summed E-state index contributed by atoms with van der Waals surface area (Å²) in [5.41, 5.74) is -0.0383. The lowest BCUT2D eigenvalue weighted by atomic mass is 9.95. The van der Waals surface area contributed by atoms with Gasteiger partial charge in [0.05, 0.1) is 0 Å². The summed E-state index contributed by atoms with van der Waals surface area (Å²) in [6.45, 7) is 3.44. The van der Waals surface area contributed by atoms with E-state index >= 15 is 0 Å². The molecule has 0 unspecified atom stereocenters. The van der Waals surface area contributed by atoms with Gasteiger partial charge in [0, 0.05) is 5.57 Å². The van der Waals surface area contributed by atoms with Crippen molar-refractivity contribution in [3.63, 3.8) is 0 Å². The first-order chi connectivity index (χ1) is 6.05. The molecule has 0 aliphatic heterocycles. The van der Waals surface area contributed by atoms with Crippen LogP contribution in [0.25, 0.3) is 0 Å². The van der Waals surface area contributed by atoms with Crippen molar-refractivity contribution in [2.75, 3.05) is 0 Å². The van der Waals surface area contributed by atoms with Gasteiger partial charge in [-0.05, 0) is 24.8 Å². The van der Waals surface area contributed by atoms with Crippen molar-refractivity contribution < 1.29 is 13.2 Å². The van der Waals surface area contributed by atoms with Crippen molar-refractivity contribution in [3.05, 3.63) is 36.0 Å². The Bertz CT molecular complexity index is 256. The second-order valence-electron chi connectivity index (χ2n) is 2.94. The average molecular weight is 188 g/mol. The largest absolute Gasteiger partial charge is 0.412 e. The van der Waals surface area contributed by atoms with Gasteiger partial charge >= 0.3 is 6.18 Å². The quantitative estimate of drug-likeness (QED) is 0.578. The van der Waals surface area contributed by atoms with Crippen LogP contribution in [0.4, 0.5) is 13.2 Å². The summed E-state index contributed by atoms with van der Waals surface area (Å²) in [4.78, 5) is 0. The number of hydrogen-bond acceptors (Lipinski definition) is 0. The Balaban J connectivity index is 2.97. The molecule has 0 spiro atoms. The van der Waals surface area contributed by atoms with Gasteiger partial charge in [0.25, 0.3) is 0 Å². The minimum absolute atomic E-state index is 0.100. The molecule has 1 aliphatic rings. The second kappa shape index (κ2) is 3.81. The highest BCUT2D eigenvalue weighted by Gasteiger charge is 2.35. The lowest BCUT2D eigenvalue weighted by Gasteiger charge is -2.17. The Morgan fingerprint density at radius 3 is 2.69 bits per heavy atom. The van der Waals surface area contributed by atoms with Gasteiger partial charge in [0.15, 0.2) is 0 Å². The van der Waals surface area contributed by atoms with Crippen molar-refractivity contribution in [1.29, 1.82) is 0 Å². The van der Waals surface area contributed by atoms with Gasteiger partial charge in [-0.1, -0.05) is 18.2 Å². The molecule has 1 rings (SSSR count). The number of alkyl halides is 3. The number of allylic oxidation sites excluding steroid dienone is 5. The summed E-state index contributed by atoms with van der Waals surface area (Å²) in [5.74, 6) is 0. The van der Waals surface area contributed by atoms with Crippen LogP contribution in [0.2, 0.25) is 0 Å². The fourth-order valence-corrected chi connectivity index (χ4v) is 1.38.